The van der Waals surface area contributed by atoms with Crippen molar-refractivity contribution in [1.29, 1.82) is 0 Å². The van der Waals surface area contributed by atoms with E-state index in [4.69, 9.17) is 10.5 Å². The molecule has 2 aromatic carbocycles. The summed E-state index contributed by atoms with van der Waals surface area (Å²) in [6.07, 6.45) is 1.47. The molecule has 2 N–H and O–H groups in total. The summed E-state index contributed by atoms with van der Waals surface area (Å²) in [5, 5.41) is 0. The molecule has 0 amide bonds. The first-order valence-corrected chi connectivity index (χ1v) is 9.03. The SMILES string of the molecule is C[C@H](N)c1ccc(CN2CCc3cc(OCCCF)ccc3C2)cc1. The van der Waals surface area contributed by atoms with Crippen LogP contribution >= 0.6 is 0 Å². The van der Waals surface area contributed by atoms with Crippen molar-refractivity contribution in [2.75, 3.05) is 19.8 Å². The fourth-order valence-electron chi connectivity index (χ4n) is 3.24. The number of nitrogens with two attached hydrogens (primary N) is 1. The van der Waals surface area contributed by atoms with Gasteiger partial charge in [-0.15, -0.1) is 0 Å². The predicted molar refractivity (Wildman–Crippen MR) is 99.4 cm³/mol. The number of fused-ring (bicyclic) bond motifs is 1. The van der Waals surface area contributed by atoms with Crippen LogP contribution in [0.1, 0.15) is 41.6 Å². The van der Waals surface area contributed by atoms with Crippen LogP contribution in [-0.2, 0) is 19.5 Å². The summed E-state index contributed by atoms with van der Waals surface area (Å²) in [5.41, 5.74) is 11.1. The van der Waals surface area contributed by atoms with E-state index in [1.54, 1.807) is 0 Å². The van der Waals surface area contributed by atoms with E-state index >= 15 is 0 Å². The van der Waals surface area contributed by atoms with Gasteiger partial charge in [-0.05, 0) is 47.7 Å². The van der Waals surface area contributed by atoms with Crippen molar-refractivity contribution < 1.29 is 9.13 Å². The third-order valence-corrected chi connectivity index (χ3v) is 4.73. The summed E-state index contributed by atoms with van der Waals surface area (Å²) in [7, 11) is 0. The van der Waals surface area contributed by atoms with Gasteiger partial charge in [0, 0.05) is 32.1 Å². The van der Waals surface area contributed by atoms with Gasteiger partial charge in [-0.1, -0.05) is 30.3 Å². The Morgan fingerprint density at radius 2 is 1.96 bits per heavy atom. The molecule has 0 bridgehead atoms. The molecule has 25 heavy (non-hydrogen) atoms. The highest BCUT2D eigenvalue weighted by molar-refractivity contribution is 5.37. The van der Waals surface area contributed by atoms with Crippen molar-refractivity contribution in [3.63, 3.8) is 0 Å². The van der Waals surface area contributed by atoms with Gasteiger partial charge in [0.1, 0.15) is 5.75 Å². The maximum absolute atomic E-state index is 12.2. The van der Waals surface area contributed by atoms with Crippen molar-refractivity contribution in [3.05, 3.63) is 64.7 Å². The number of halogens is 1. The smallest absolute Gasteiger partial charge is 0.119 e. The van der Waals surface area contributed by atoms with Gasteiger partial charge in [0.05, 0.1) is 13.3 Å². The van der Waals surface area contributed by atoms with Gasteiger partial charge in [0.15, 0.2) is 0 Å². The largest absolute Gasteiger partial charge is 0.493 e. The number of nitrogens with zero attached hydrogens (tertiary/aromatic N) is 1. The molecule has 0 aromatic heterocycles. The summed E-state index contributed by atoms with van der Waals surface area (Å²) in [6, 6.07) is 14.9. The monoisotopic (exact) mass is 342 g/mol. The first-order valence-electron chi connectivity index (χ1n) is 9.03. The third kappa shape index (κ3) is 4.80. The van der Waals surface area contributed by atoms with Crippen LogP contribution in [0.2, 0.25) is 0 Å². The number of alkyl halides is 1. The van der Waals surface area contributed by atoms with E-state index in [-0.39, 0.29) is 12.7 Å². The number of ether oxygens (including phenoxy) is 1. The first kappa shape index (κ1) is 17.9. The molecule has 4 heteroatoms. The van der Waals surface area contributed by atoms with Crippen LogP contribution in [0, 0.1) is 0 Å². The van der Waals surface area contributed by atoms with Gasteiger partial charge in [-0.25, -0.2) is 0 Å². The molecular formula is C21H27FN2O. The van der Waals surface area contributed by atoms with Crippen molar-refractivity contribution in [2.24, 2.45) is 5.73 Å². The van der Waals surface area contributed by atoms with Gasteiger partial charge < -0.3 is 10.5 Å². The fourth-order valence-corrected chi connectivity index (χ4v) is 3.24. The predicted octanol–water partition coefficient (Wildman–Crippen LogP) is 4.00. The molecule has 0 unspecified atom stereocenters. The molecule has 2 aromatic rings. The van der Waals surface area contributed by atoms with Crippen LogP contribution in [-0.4, -0.2) is 24.7 Å². The molecule has 3 nitrogen and oxygen atoms in total. The van der Waals surface area contributed by atoms with Gasteiger partial charge >= 0.3 is 0 Å². The van der Waals surface area contributed by atoms with E-state index < -0.39 is 0 Å². The summed E-state index contributed by atoms with van der Waals surface area (Å²) < 4.78 is 17.8. The van der Waals surface area contributed by atoms with E-state index in [1.165, 1.54) is 22.3 Å². The molecule has 0 saturated carbocycles. The third-order valence-electron chi connectivity index (χ3n) is 4.73. The molecule has 0 aliphatic carbocycles. The lowest BCUT2D eigenvalue weighted by Crippen LogP contribution is -2.30. The van der Waals surface area contributed by atoms with Crippen LogP contribution in [0.4, 0.5) is 4.39 Å². The van der Waals surface area contributed by atoms with E-state index in [1.807, 2.05) is 13.0 Å². The zero-order chi connectivity index (χ0) is 17.6. The maximum atomic E-state index is 12.2. The second-order valence-electron chi connectivity index (χ2n) is 6.81. The Morgan fingerprint density at radius 3 is 2.68 bits per heavy atom. The summed E-state index contributed by atoms with van der Waals surface area (Å²) in [5.74, 6) is 0.854. The van der Waals surface area contributed by atoms with Crippen LogP contribution in [0.3, 0.4) is 0 Å². The van der Waals surface area contributed by atoms with Crippen LogP contribution in [0.25, 0.3) is 0 Å². The van der Waals surface area contributed by atoms with Crippen molar-refractivity contribution in [1.82, 2.24) is 4.90 Å². The van der Waals surface area contributed by atoms with Crippen molar-refractivity contribution in [3.8, 4) is 5.75 Å². The number of hydrogen-bond donors (Lipinski definition) is 1. The van der Waals surface area contributed by atoms with Gasteiger partial charge in [0.25, 0.3) is 0 Å². The number of rotatable bonds is 7. The Hall–Kier alpha value is -1.91. The molecule has 1 heterocycles. The molecule has 1 atom stereocenters. The summed E-state index contributed by atoms with van der Waals surface area (Å²) >= 11 is 0. The highest BCUT2D eigenvalue weighted by atomic mass is 19.1. The Bertz CT molecular complexity index is 685. The zero-order valence-electron chi connectivity index (χ0n) is 14.9. The maximum Gasteiger partial charge on any atom is 0.119 e. The molecule has 0 fully saturated rings. The van der Waals surface area contributed by atoms with Crippen molar-refractivity contribution >= 4 is 0 Å². The lowest BCUT2D eigenvalue weighted by Gasteiger charge is -2.29. The normalized spacial score (nSPS) is 15.6. The molecular weight excluding hydrogens is 315 g/mol. The standard InChI is InChI=1S/C21H27FN2O/c1-16(23)18-5-3-17(4-6-18)14-24-11-9-19-13-21(25-12-2-10-22)8-7-20(19)15-24/h3-8,13,16H,2,9-12,14-15,23H2,1H3/t16-/m0/s1. The van der Waals surface area contributed by atoms with Crippen LogP contribution in [0.15, 0.2) is 42.5 Å². The summed E-state index contributed by atoms with van der Waals surface area (Å²) in [4.78, 5) is 2.47. The molecule has 3 rings (SSSR count). The zero-order valence-corrected chi connectivity index (χ0v) is 14.9. The quantitative estimate of drug-likeness (QED) is 0.773. The van der Waals surface area contributed by atoms with E-state index in [0.29, 0.717) is 13.0 Å². The average molecular weight is 342 g/mol. The molecule has 1 aliphatic heterocycles. The lowest BCUT2D eigenvalue weighted by atomic mass is 9.98. The minimum atomic E-state index is -0.328. The van der Waals surface area contributed by atoms with Gasteiger partial charge in [-0.3, -0.25) is 9.29 Å². The molecule has 134 valence electrons. The van der Waals surface area contributed by atoms with E-state index in [2.05, 4.69) is 41.3 Å². The Balaban J connectivity index is 1.59. The summed E-state index contributed by atoms with van der Waals surface area (Å²) in [6.45, 7) is 5.06. The van der Waals surface area contributed by atoms with Crippen LogP contribution in [0.5, 0.6) is 5.75 Å². The molecule has 1 aliphatic rings. The Morgan fingerprint density at radius 1 is 1.16 bits per heavy atom. The second kappa shape index (κ2) is 8.45. The molecule has 0 saturated heterocycles. The lowest BCUT2D eigenvalue weighted by molar-refractivity contribution is 0.244. The van der Waals surface area contributed by atoms with Crippen LogP contribution < -0.4 is 10.5 Å². The molecule has 0 radical (unpaired) electrons. The first-order chi connectivity index (χ1) is 12.2. The van der Waals surface area contributed by atoms with Gasteiger partial charge in [-0.2, -0.15) is 0 Å². The molecule has 0 spiro atoms. The average Bonchev–Trinajstić information content (AvgIpc) is 2.62. The topological polar surface area (TPSA) is 38.5 Å². The highest BCUT2D eigenvalue weighted by Gasteiger charge is 2.17. The second-order valence-corrected chi connectivity index (χ2v) is 6.81. The number of hydrogen-bond acceptors (Lipinski definition) is 3. The highest BCUT2D eigenvalue weighted by Crippen LogP contribution is 2.25. The van der Waals surface area contributed by atoms with E-state index in [9.17, 15) is 4.39 Å². The minimum Gasteiger partial charge on any atom is -0.493 e. The minimum absolute atomic E-state index is 0.0808. The van der Waals surface area contributed by atoms with E-state index in [0.717, 1.165) is 31.8 Å². The Kier molecular flexibility index (Phi) is 6.05. The number of benzene rings is 2. The van der Waals surface area contributed by atoms with Crippen molar-refractivity contribution in [2.45, 2.75) is 38.9 Å². The Labute approximate surface area is 149 Å². The fraction of sp³-hybridized carbons (Fsp3) is 0.429. The van der Waals surface area contributed by atoms with Gasteiger partial charge in [0.2, 0.25) is 0 Å².